The summed E-state index contributed by atoms with van der Waals surface area (Å²) in [7, 11) is 0. The van der Waals surface area contributed by atoms with Crippen molar-refractivity contribution >= 4 is 0 Å². The highest BCUT2D eigenvalue weighted by molar-refractivity contribution is 4.81. The maximum atomic E-state index is 9.99. The molecule has 0 fully saturated rings. The van der Waals surface area contributed by atoms with Crippen molar-refractivity contribution in [2.24, 2.45) is 17.8 Å². The fourth-order valence-corrected chi connectivity index (χ4v) is 1.89. The molecule has 0 saturated carbocycles. The van der Waals surface area contributed by atoms with Crippen molar-refractivity contribution in [2.75, 3.05) is 0 Å². The zero-order valence-corrected chi connectivity index (χ0v) is 10.5. The molecule has 15 heavy (non-hydrogen) atoms. The van der Waals surface area contributed by atoms with E-state index >= 15 is 0 Å². The van der Waals surface area contributed by atoms with Gasteiger partial charge in [0.1, 0.15) is 0 Å². The molecule has 0 bridgehead atoms. The van der Waals surface area contributed by atoms with Gasteiger partial charge in [0.25, 0.3) is 0 Å². The van der Waals surface area contributed by atoms with Gasteiger partial charge in [-0.15, -0.1) is 0 Å². The van der Waals surface area contributed by atoms with E-state index in [1.807, 2.05) is 34.6 Å². The Morgan fingerprint density at radius 2 is 1.27 bits per heavy atom. The summed E-state index contributed by atoms with van der Waals surface area (Å²) in [5.41, 5.74) is 0. The maximum absolute atomic E-state index is 9.99. The van der Waals surface area contributed by atoms with Crippen LogP contribution in [0.1, 0.15) is 41.0 Å². The van der Waals surface area contributed by atoms with Crippen molar-refractivity contribution in [2.45, 2.75) is 59.4 Å². The van der Waals surface area contributed by atoms with Gasteiger partial charge in [-0.05, 0) is 12.3 Å². The number of hydrogen-bond acceptors (Lipinski definition) is 3. The first-order valence-corrected chi connectivity index (χ1v) is 5.87. The number of aliphatic hydroxyl groups is 3. The van der Waals surface area contributed by atoms with Crippen LogP contribution in [-0.2, 0) is 0 Å². The Kier molecular flexibility index (Phi) is 6.41. The van der Waals surface area contributed by atoms with Gasteiger partial charge < -0.3 is 15.3 Å². The van der Waals surface area contributed by atoms with E-state index in [1.165, 1.54) is 0 Å². The van der Waals surface area contributed by atoms with E-state index in [-0.39, 0.29) is 17.8 Å². The first-order valence-electron chi connectivity index (χ1n) is 5.87. The normalized spacial score (nSPS) is 22.2. The lowest BCUT2D eigenvalue weighted by Crippen LogP contribution is -2.40. The number of rotatable bonds is 6. The topological polar surface area (TPSA) is 60.7 Å². The van der Waals surface area contributed by atoms with E-state index in [0.29, 0.717) is 6.42 Å². The molecule has 0 amide bonds. The molecule has 92 valence electrons. The molecule has 0 radical (unpaired) electrons. The van der Waals surface area contributed by atoms with E-state index in [9.17, 15) is 15.3 Å². The van der Waals surface area contributed by atoms with Gasteiger partial charge in [-0.25, -0.2) is 0 Å². The molecule has 0 aliphatic carbocycles. The van der Waals surface area contributed by atoms with Gasteiger partial charge in [0.2, 0.25) is 0 Å². The van der Waals surface area contributed by atoms with Gasteiger partial charge in [-0.3, -0.25) is 0 Å². The molecule has 0 unspecified atom stereocenters. The van der Waals surface area contributed by atoms with Crippen LogP contribution in [0.2, 0.25) is 0 Å². The fraction of sp³-hybridized carbons (Fsp3) is 1.00. The minimum absolute atomic E-state index is 0.126. The summed E-state index contributed by atoms with van der Waals surface area (Å²) < 4.78 is 0. The molecule has 0 aliphatic rings. The Hall–Kier alpha value is -0.120. The molecule has 0 aromatic heterocycles. The molecule has 0 aromatic rings. The lowest BCUT2D eigenvalue weighted by atomic mass is 9.82. The van der Waals surface area contributed by atoms with E-state index in [4.69, 9.17) is 0 Å². The van der Waals surface area contributed by atoms with Crippen LogP contribution in [0, 0.1) is 17.8 Å². The summed E-state index contributed by atoms with van der Waals surface area (Å²) in [5.74, 6) is -0.278. The van der Waals surface area contributed by atoms with Crippen LogP contribution >= 0.6 is 0 Å². The second kappa shape index (κ2) is 6.46. The Morgan fingerprint density at radius 3 is 1.60 bits per heavy atom. The minimum atomic E-state index is -0.655. The van der Waals surface area contributed by atoms with E-state index in [1.54, 1.807) is 0 Å². The highest BCUT2D eigenvalue weighted by Crippen LogP contribution is 2.23. The van der Waals surface area contributed by atoms with Crippen molar-refractivity contribution in [3.63, 3.8) is 0 Å². The fourth-order valence-electron chi connectivity index (χ4n) is 1.89. The Balaban J connectivity index is 4.36. The third-order valence-electron chi connectivity index (χ3n) is 3.32. The number of hydrogen-bond donors (Lipinski definition) is 3. The third-order valence-corrected chi connectivity index (χ3v) is 3.32. The smallest absolute Gasteiger partial charge is 0.0640 e. The van der Waals surface area contributed by atoms with Crippen molar-refractivity contribution in [3.8, 4) is 0 Å². The van der Waals surface area contributed by atoms with Crippen molar-refractivity contribution in [3.05, 3.63) is 0 Å². The van der Waals surface area contributed by atoms with Gasteiger partial charge >= 0.3 is 0 Å². The van der Waals surface area contributed by atoms with Crippen LogP contribution in [0.4, 0.5) is 0 Å². The molecule has 3 N–H and O–H groups in total. The molecular weight excluding hydrogens is 192 g/mol. The summed E-state index contributed by atoms with van der Waals surface area (Å²) >= 11 is 0. The monoisotopic (exact) mass is 218 g/mol. The number of aliphatic hydroxyl groups excluding tert-OH is 3. The Labute approximate surface area is 93.1 Å². The largest absolute Gasteiger partial charge is 0.393 e. The molecule has 0 rings (SSSR count). The molecule has 0 heterocycles. The summed E-state index contributed by atoms with van der Waals surface area (Å²) in [4.78, 5) is 0. The standard InChI is InChI=1S/C12H26O3/c1-6-10(13)8(4)12(15)9(5)11(14)7(2)3/h7-15H,6H2,1-5H3/t8-,9-,10-,11-,12-/m0/s1. The predicted octanol–water partition coefficient (Wildman–Crippen LogP) is 1.41. The molecule has 0 saturated heterocycles. The summed E-state index contributed by atoms with van der Waals surface area (Å²) in [6.07, 6.45) is -1.05. The lowest BCUT2D eigenvalue weighted by molar-refractivity contribution is -0.0558. The Morgan fingerprint density at radius 1 is 0.800 bits per heavy atom. The quantitative estimate of drug-likeness (QED) is 0.631. The summed E-state index contributed by atoms with van der Waals surface area (Å²) in [5, 5.41) is 29.4. The van der Waals surface area contributed by atoms with Crippen molar-refractivity contribution < 1.29 is 15.3 Å². The van der Waals surface area contributed by atoms with Gasteiger partial charge in [0.05, 0.1) is 18.3 Å². The third kappa shape index (κ3) is 4.09. The first kappa shape index (κ1) is 14.9. The molecule has 0 aromatic carbocycles. The van der Waals surface area contributed by atoms with Crippen LogP contribution in [0.3, 0.4) is 0 Å². The van der Waals surface area contributed by atoms with E-state index < -0.39 is 18.3 Å². The second-order valence-electron chi connectivity index (χ2n) is 4.92. The lowest BCUT2D eigenvalue weighted by Gasteiger charge is -2.32. The minimum Gasteiger partial charge on any atom is -0.393 e. The summed E-state index contributed by atoms with van der Waals surface area (Å²) in [6, 6.07) is 0. The van der Waals surface area contributed by atoms with Gasteiger partial charge in [-0.2, -0.15) is 0 Å². The van der Waals surface area contributed by atoms with Crippen LogP contribution in [0.25, 0.3) is 0 Å². The highest BCUT2D eigenvalue weighted by atomic mass is 16.3. The SMILES string of the molecule is CC[C@H](O)[C@H](C)[C@H](O)[C@@H](C)[C@@H](O)C(C)C. The molecule has 5 atom stereocenters. The van der Waals surface area contributed by atoms with Gasteiger partial charge in [0, 0.05) is 11.8 Å². The molecule has 3 nitrogen and oxygen atoms in total. The van der Waals surface area contributed by atoms with Gasteiger partial charge in [-0.1, -0.05) is 34.6 Å². The molecule has 0 spiro atoms. The van der Waals surface area contributed by atoms with Crippen LogP contribution in [0.15, 0.2) is 0 Å². The van der Waals surface area contributed by atoms with Crippen LogP contribution in [0.5, 0.6) is 0 Å². The van der Waals surface area contributed by atoms with Gasteiger partial charge in [0.15, 0.2) is 0 Å². The average molecular weight is 218 g/mol. The predicted molar refractivity (Wildman–Crippen MR) is 61.5 cm³/mol. The Bertz CT molecular complexity index is 170. The molecule has 0 aliphatic heterocycles. The summed E-state index contributed by atoms with van der Waals surface area (Å²) in [6.45, 7) is 9.39. The van der Waals surface area contributed by atoms with Crippen LogP contribution in [-0.4, -0.2) is 33.6 Å². The zero-order valence-electron chi connectivity index (χ0n) is 10.5. The highest BCUT2D eigenvalue weighted by Gasteiger charge is 2.31. The molecular formula is C12H26O3. The second-order valence-corrected chi connectivity index (χ2v) is 4.92. The van der Waals surface area contributed by atoms with Crippen LogP contribution < -0.4 is 0 Å². The van der Waals surface area contributed by atoms with E-state index in [0.717, 1.165) is 0 Å². The molecule has 3 heteroatoms. The average Bonchev–Trinajstić information content (AvgIpc) is 2.23. The van der Waals surface area contributed by atoms with Crippen molar-refractivity contribution in [1.29, 1.82) is 0 Å². The van der Waals surface area contributed by atoms with E-state index in [2.05, 4.69) is 0 Å². The maximum Gasteiger partial charge on any atom is 0.0640 e. The van der Waals surface area contributed by atoms with Crippen molar-refractivity contribution in [1.82, 2.24) is 0 Å². The zero-order chi connectivity index (χ0) is 12.2. The first-order chi connectivity index (χ1) is 6.82.